The van der Waals surface area contributed by atoms with E-state index in [1.54, 1.807) is 25.3 Å². The fourth-order valence-electron chi connectivity index (χ4n) is 3.92. The minimum Gasteiger partial charge on any atom is -0.495 e. The van der Waals surface area contributed by atoms with Gasteiger partial charge in [-0.3, -0.25) is 4.55 Å². The maximum Gasteiger partial charge on any atom is 0.294 e. The Morgan fingerprint density at radius 3 is 2.03 bits per heavy atom. The molecule has 0 fully saturated rings. The summed E-state index contributed by atoms with van der Waals surface area (Å²) in [5.41, 5.74) is 1.12. The Morgan fingerprint density at radius 2 is 1.43 bits per heavy atom. The summed E-state index contributed by atoms with van der Waals surface area (Å²) in [5.74, 6) is 1.11. The largest absolute Gasteiger partial charge is 0.495 e. The van der Waals surface area contributed by atoms with Gasteiger partial charge in [-0.15, -0.1) is 0 Å². The van der Waals surface area contributed by atoms with Crippen LogP contribution in [0.3, 0.4) is 0 Å². The van der Waals surface area contributed by atoms with Gasteiger partial charge in [0, 0.05) is 33.0 Å². The summed E-state index contributed by atoms with van der Waals surface area (Å²) in [4.78, 5) is -0.189. The molecule has 7 heteroatoms. The normalized spacial score (nSPS) is 11.7. The fourth-order valence-corrected chi connectivity index (χ4v) is 4.85. The van der Waals surface area contributed by atoms with Crippen LogP contribution in [0, 0.1) is 0 Å². The lowest BCUT2D eigenvalue weighted by atomic mass is 9.93. The molecule has 0 heterocycles. The van der Waals surface area contributed by atoms with E-state index in [1.165, 1.54) is 13.2 Å². The third kappa shape index (κ3) is 3.37. The lowest BCUT2D eigenvalue weighted by Gasteiger charge is -2.19. The molecule has 0 aliphatic carbocycles. The van der Waals surface area contributed by atoms with Crippen molar-refractivity contribution in [3.05, 3.63) is 76.8 Å². The molecule has 5 nitrogen and oxygen atoms in total. The van der Waals surface area contributed by atoms with E-state index in [0.29, 0.717) is 32.9 Å². The van der Waals surface area contributed by atoms with Crippen LogP contribution in [-0.4, -0.2) is 27.2 Å². The van der Waals surface area contributed by atoms with Crippen LogP contribution < -0.4 is 9.47 Å². The van der Waals surface area contributed by atoms with Gasteiger partial charge in [-0.25, -0.2) is 0 Å². The molecule has 4 rings (SSSR count). The molecular weight excluding hydrogens is 424 g/mol. The number of hydrogen-bond donors (Lipinski definition) is 1. The molecule has 0 aliphatic rings. The van der Waals surface area contributed by atoms with E-state index in [1.807, 2.05) is 36.4 Å². The van der Waals surface area contributed by atoms with Crippen molar-refractivity contribution in [1.29, 1.82) is 0 Å². The lowest BCUT2D eigenvalue weighted by Crippen LogP contribution is -2.06. The van der Waals surface area contributed by atoms with Gasteiger partial charge in [-0.1, -0.05) is 54.1 Å². The maximum absolute atomic E-state index is 12.2. The molecule has 0 aromatic heterocycles. The van der Waals surface area contributed by atoms with E-state index in [9.17, 15) is 13.0 Å². The van der Waals surface area contributed by atoms with E-state index < -0.39 is 10.1 Å². The summed E-state index contributed by atoms with van der Waals surface area (Å²) in [6.45, 7) is 0. The molecule has 0 aliphatic heterocycles. The van der Waals surface area contributed by atoms with Crippen LogP contribution in [0.2, 0.25) is 5.02 Å². The first kappa shape index (κ1) is 20.5. The summed E-state index contributed by atoms with van der Waals surface area (Å²) in [5, 5.41) is 3.36. The number of halogens is 1. The van der Waals surface area contributed by atoms with Gasteiger partial charge in [0.15, 0.2) is 0 Å². The fraction of sp³-hybridized carbons (Fsp3) is 0.130. The van der Waals surface area contributed by atoms with Gasteiger partial charge in [0.2, 0.25) is 0 Å². The number of ether oxygens (including phenoxy) is 2. The van der Waals surface area contributed by atoms with Crippen molar-refractivity contribution in [2.24, 2.45) is 0 Å². The average molecular weight is 443 g/mol. The topological polar surface area (TPSA) is 72.8 Å². The van der Waals surface area contributed by atoms with Crippen LogP contribution in [0.1, 0.15) is 11.1 Å². The number of rotatable bonds is 5. The first-order valence-corrected chi connectivity index (χ1v) is 11.0. The highest BCUT2D eigenvalue weighted by molar-refractivity contribution is 7.85. The number of fused-ring (bicyclic) bond motifs is 2. The van der Waals surface area contributed by atoms with E-state index in [4.69, 9.17) is 21.1 Å². The second kappa shape index (κ2) is 7.80. The molecule has 0 spiro atoms. The number of benzene rings is 4. The predicted molar refractivity (Wildman–Crippen MR) is 119 cm³/mol. The van der Waals surface area contributed by atoms with Crippen molar-refractivity contribution in [3.63, 3.8) is 0 Å². The van der Waals surface area contributed by atoms with Crippen molar-refractivity contribution < 1.29 is 22.4 Å². The highest BCUT2D eigenvalue weighted by atomic mass is 35.5. The van der Waals surface area contributed by atoms with Gasteiger partial charge in [0.05, 0.1) is 19.1 Å². The molecule has 0 saturated carbocycles. The molecule has 0 bridgehead atoms. The molecule has 4 aromatic rings. The van der Waals surface area contributed by atoms with Crippen molar-refractivity contribution in [3.8, 4) is 11.5 Å². The van der Waals surface area contributed by atoms with Gasteiger partial charge in [0.1, 0.15) is 11.5 Å². The van der Waals surface area contributed by atoms with Crippen LogP contribution in [0.25, 0.3) is 21.5 Å². The van der Waals surface area contributed by atoms with Gasteiger partial charge >= 0.3 is 0 Å². The Kier molecular flexibility index (Phi) is 5.32. The Morgan fingerprint density at radius 1 is 0.833 bits per heavy atom. The molecule has 1 N–H and O–H groups in total. The summed E-state index contributed by atoms with van der Waals surface area (Å²) in [7, 11) is -1.39. The molecule has 0 amide bonds. The van der Waals surface area contributed by atoms with E-state index in [0.717, 1.165) is 16.3 Å². The first-order chi connectivity index (χ1) is 14.4. The number of hydrogen-bond acceptors (Lipinski definition) is 4. The molecule has 154 valence electrons. The van der Waals surface area contributed by atoms with Gasteiger partial charge in [-0.2, -0.15) is 8.42 Å². The second-order valence-corrected chi connectivity index (χ2v) is 8.62. The molecule has 30 heavy (non-hydrogen) atoms. The third-order valence-electron chi connectivity index (χ3n) is 5.17. The van der Waals surface area contributed by atoms with Gasteiger partial charge in [-0.05, 0) is 29.3 Å². The minimum atomic E-state index is -4.50. The van der Waals surface area contributed by atoms with Crippen LogP contribution in [0.4, 0.5) is 0 Å². The quantitative estimate of drug-likeness (QED) is 0.326. The van der Waals surface area contributed by atoms with E-state index in [2.05, 4.69) is 0 Å². The second-order valence-electron chi connectivity index (χ2n) is 6.82. The molecule has 0 atom stereocenters. The highest BCUT2D eigenvalue weighted by Gasteiger charge is 2.24. The predicted octanol–water partition coefficient (Wildman–Crippen LogP) is 5.50. The van der Waals surface area contributed by atoms with Crippen LogP contribution in [0.15, 0.2) is 65.6 Å². The van der Waals surface area contributed by atoms with Gasteiger partial charge in [0.25, 0.3) is 10.1 Å². The standard InChI is InChI=1S/C23H19ClO5S/c1-28-22-15-8-4-5-9-16(15)23(29-2)21-17(22)11-12-20(30(25,26)27)18(21)13-14-7-3-6-10-19(14)24/h3-12H,13H2,1-2H3,(H,25,26,27). The molecule has 0 radical (unpaired) electrons. The summed E-state index contributed by atoms with van der Waals surface area (Å²) in [6.07, 6.45) is 0.185. The smallest absolute Gasteiger partial charge is 0.294 e. The molecule has 0 saturated heterocycles. The summed E-state index contributed by atoms with van der Waals surface area (Å²) < 4.78 is 45.9. The van der Waals surface area contributed by atoms with Crippen LogP contribution >= 0.6 is 11.6 Å². The van der Waals surface area contributed by atoms with E-state index >= 15 is 0 Å². The van der Waals surface area contributed by atoms with E-state index in [-0.39, 0.29) is 11.3 Å². The van der Waals surface area contributed by atoms with Crippen LogP contribution in [0.5, 0.6) is 11.5 Å². The first-order valence-electron chi connectivity index (χ1n) is 9.16. The Bertz CT molecular complexity index is 1380. The third-order valence-corrected chi connectivity index (χ3v) is 6.48. The molecule has 0 unspecified atom stereocenters. The lowest BCUT2D eigenvalue weighted by molar-refractivity contribution is 0.417. The van der Waals surface area contributed by atoms with Crippen molar-refractivity contribution in [2.45, 2.75) is 11.3 Å². The highest BCUT2D eigenvalue weighted by Crippen LogP contribution is 2.46. The Balaban J connectivity index is 2.21. The van der Waals surface area contributed by atoms with Gasteiger partial charge < -0.3 is 9.47 Å². The van der Waals surface area contributed by atoms with Crippen molar-refractivity contribution in [1.82, 2.24) is 0 Å². The average Bonchev–Trinajstić information content (AvgIpc) is 2.72. The van der Waals surface area contributed by atoms with Crippen LogP contribution in [-0.2, 0) is 16.5 Å². The molecule has 4 aromatic carbocycles. The van der Waals surface area contributed by atoms with Crippen molar-refractivity contribution in [2.75, 3.05) is 14.2 Å². The Hall–Kier alpha value is -2.80. The summed E-state index contributed by atoms with van der Waals surface area (Å²) >= 11 is 6.35. The zero-order valence-corrected chi connectivity index (χ0v) is 17.9. The maximum atomic E-state index is 12.2. The summed E-state index contributed by atoms with van der Waals surface area (Å²) in [6, 6.07) is 17.8. The van der Waals surface area contributed by atoms with Crippen molar-refractivity contribution >= 4 is 43.3 Å². The SMILES string of the molecule is COc1c2ccccc2c(OC)c2c(Cc3ccccc3Cl)c(S(=O)(=O)O)ccc12. The Labute approximate surface area is 179 Å². The zero-order chi connectivity index (χ0) is 21.5. The minimum absolute atomic E-state index is 0.185. The molecular formula is C23H19ClO5S. The monoisotopic (exact) mass is 442 g/mol. The zero-order valence-electron chi connectivity index (χ0n) is 16.3. The number of methoxy groups -OCH3 is 2.